The molecule has 0 saturated heterocycles. The lowest BCUT2D eigenvalue weighted by Gasteiger charge is -2.09. The largest absolute Gasteiger partial charge is 0.399 e. The Morgan fingerprint density at radius 1 is 1.11 bits per heavy atom. The minimum absolute atomic E-state index is 0.242. The third kappa shape index (κ3) is 3.06. The SMILES string of the molecule is Cc1ccc(NC(=O)c2ccc(N)cc2Cl)cc1C. The topological polar surface area (TPSA) is 55.1 Å². The fraction of sp³-hybridized carbons (Fsp3) is 0.133. The van der Waals surface area contributed by atoms with E-state index in [1.807, 2.05) is 32.0 Å². The number of nitrogen functional groups attached to an aromatic ring is 1. The van der Waals surface area contributed by atoms with Gasteiger partial charge in [0, 0.05) is 11.4 Å². The van der Waals surface area contributed by atoms with Gasteiger partial charge >= 0.3 is 0 Å². The summed E-state index contributed by atoms with van der Waals surface area (Å²) in [5.41, 5.74) is 9.61. The van der Waals surface area contributed by atoms with Crippen LogP contribution in [0.25, 0.3) is 0 Å². The highest BCUT2D eigenvalue weighted by atomic mass is 35.5. The third-order valence-electron chi connectivity index (χ3n) is 3.00. The first-order valence-corrected chi connectivity index (χ1v) is 6.29. The van der Waals surface area contributed by atoms with Crippen molar-refractivity contribution in [2.45, 2.75) is 13.8 Å². The molecule has 4 heteroatoms. The highest BCUT2D eigenvalue weighted by molar-refractivity contribution is 6.34. The molecule has 0 atom stereocenters. The molecular weight excluding hydrogens is 260 g/mol. The van der Waals surface area contributed by atoms with Crippen molar-refractivity contribution in [2.75, 3.05) is 11.1 Å². The lowest BCUT2D eigenvalue weighted by molar-refractivity contribution is 0.102. The fourth-order valence-electron chi connectivity index (χ4n) is 1.73. The first-order valence-electron chi connectivity index (χ1n) is 5.91. The van der Waals surface area contributed by atoms with Crippen molar-refractivity contribution in [1.82, 2.24) is 0 Å². The zero-order valence-corrected chi connectivity index (χ0v) is 11.6. The first kappa shape index (κ1) is 13.4. The Kier molecular flexibility index (Phi) is 3.76. The van der Waals surface area contributed by atoms with Gasteiger partial charge in [0.05, 0.1) is 10.6 Å². The molecule has 98 valence electrons. The van der Waals surface area contributed by atoms with Crippen molar-refractivity contribution in [3.05, 3.63) is 58.1 Å². The monoisotopic (exact) mass is 274 g/mol. The van der Waals surface area contributed by atoms with Gasteiger partial charge in [-0.2, -0.15) is 0 Å². The molecule has 0 aromatic heterocycles. The summed E-state index contributed by atoms with van der Waals surface area (Å²) in [6.07, 6.45) is 0. The molecule has 0 aliphatic rings. The molecule has 2 rings (SSSR count). The normalized spacial score (nSPS) is 10.3. The van der Waals surface area contributed by atoms with Gasteiger partial charge in [-0.25, -0.2) is 0 Å². The summed E-state index contributed by atoms with van der Waals surface area (Å²) >= 11 is 6.01. The number of halogens is 1. The van der Waals surface area contributed by atoms with Crippen molar-refractivity contribution < 1.29 is 4.79 Å². The molecule has 0 heterocycles. The number of benzene rings is 2. The Hall–Kier alpha value is -2.00. The number of carbonyl (C=O) groups is 1. The van der Waals surface area contributed by atoms with Crippen molar-refractivity contribution in [3.8, 4) is 0 Å². The van der Waals surface area contributed by atoms with Gasteiger partial charge in [-0.05, 0) is 55.3 Å². The van der Waals surface area contributed by atoms with Gasteiger partial charge in [-0.15, -0.1) is 0 Å². The maximum atomic E-state index is 12.1. The van der Waals surface area contributed by atoms with Crippen LogP contribution in [-0.4, -0.2) is 5.91 Å². The third-order valence-corrected chi connectivity index (χ3v) is 3.32. The summed E-state index contributed by atoms with van der Waals surface area (Å²) in [5.74, 6) is -0.242. The van der Waals surface area contributed by atoms with Crippen LogP contribution in [0.1, 0.15) is 21.5 Å². The highest BCUT2D eigenvalue weighted by Gasteiger charge is 2.11. The molecule has 19 heavy (non-hydrogen) atoms. The number of anilines is 2. The summed E-state index contributed by atoms with van der Waals surface area (Å²) in [7, 11) is 0. The Morgan fingerprint density at radius 2 is 1.84 bits per heavy atom. The van der Waals surface area contributed by atoms with E-state index in [9.17, 15) is 4.79 Å². The second-order valence-corrected chi connectivity index (χ2v) is 4.90. The van der Waals surface area contributed by atoms with Crippen LogP contribution in [0.2, 0.25) is 5.02 Å². The van der Waals surface area contributed by atoms with Crippen LogP contribution >= 0.6 is 11.6 Å². The zero-order valence-electron chi connectivity index (χ0n) is 10.8. The summed E-state index contributed by atoms with van der Waals surface area (Å²) in [6.45, 7) is 4.03. The maximum absolute atomic E-state index is 12.1. The molecule has 0 bridgehead atoms. The highest BCUT2D eigenvalue weighted by Crippen LogP contribution is 2.21. The van der Waals surface area contributed by atoms with Gasteiger partial charge in [0.1, 0.15) is 0 Å². The van der Waals surface area contributed by atoms with Crippen molar-refractivity contribution >= 4 is 28.9 Å². The van der Waals surface area contributed by atoms with E-state index >= 15 is 0 Å². The predicted octanol–water partition coefficient (Wildman–Crippen LogP) is 3.79. The minimum atomic E-state index is -0.242. The molecule has 0 saturated carbocycles. The molecule has 3 nitrogen and oxygen atoms in total. The first-order chi connectivity index (χ1) is 8.97. The zero-order chi connectivity index (χ0) is 14.0. The second-order valence-electron chi connectivity index (χ2n) is 4.49. The van der Waals surface area contributed by atoms with E-state index in [4.69, 9.17) is 17.3 Å². The van der Waals surface area contributed by atoms with E-state index in [-0.39, 0.29) is 5.91 Å². The summed E-state index contributed by atoms with van der Waals surface area (Å²) in [6, 6.07) is 10.6. The molecule has 0 aliphatic carbocycles. The van der Waals surface area contributed by atoms with E-state index in [1.165, 1.54) is 5.56 Å². The van der Waals surface area contributed by atoms with Gasteiger partial charge in [0.15, 0.2) is 0 Å². The van der Waals surface area contributed by atoms with Crippen molar-refractivity contribution in [1.29, 1.82) is 0 Å². The van der Waals surface area contributed by atoms with Crippen molar-refractivity contribution in [3.63, 3.8) is 0 Å². The van der Waals surface area contributed by atoms with E-state index in [0.717, 1.165) is 11.3 Å². The van der Waals surface area contributed by atoms with Gasteiger partial charge in [0.25, 0.3) is 5.91 Å². The molecular formula is C15H15ClN2O. The summed E-state index contributed by atoms with van der Waals surface area (Å²) in [4.78, 5) is 12.1. The van der Waals surface area contributed by atoms with Gasteiger partial charge in [-0.1, -0.05) is 17.7 Å². The molecule has 0 radical (unpaired) electrons. The van der Waals surface area contributed by atoms with Crippen LogP contribution in [0, 0.1) is 13.8 Å². The van der Waals surface area contributed by atoms with Gasteiger partial charge in [0.2, 0.25) is 0 Å². The molecule has 0 spiro atoms. The molecule has 2 aromatic carbocycles. The smallest absolute Gasteiger partial charge is 0.257 e. The molecule has 1 amide bonds. The van der Waals surface area contributed by atoms with Crippen LogP contribution in [0.4, 0.5) is 11.4 Å². The Bertz CT molecular complexity index is 638. The van der Waals surface area contributed by atoms with Crippen LogP contribution < -0.4 is 11.1 Å². The lowest BCUT2D eigenvalue weighted by atomic mass is 10.1. The second kappa shape index (κ2) is 5.33. The van der Waals surface area contributed by atoms with Crippen molar-refractivity contribution in [2.24, 2.45) is 0 Å². The average molecular weight is 275 g/mol. The fourth-order valence-corrected chi connectivity index (χ4v) is 2.01. The summed E-state index contributed by atoms with van der Waals surface area (Å²) < 4.78 is 0. The van der Waals surface area contributed by atoms with E-state index in [1.54, 1.807) is 18.2 Å². The van der Waals surface area contributed by atoms with E-state index in [0.29, 0.717) is 16.3 Å². The number of carbonyl (C=O) groups excluding carboxylic acids is 1. The number of nitrogens with one attached hydrogen (secondary N) is 1. The number of amides is 1. The van der Waals surface area contributed by atoms with Crippen LogP contribution in [0.3, 0.4) is 0 Å². The Balaban J connectivity index is 2.23. The number of aryl methyl sites for hydroxylation is 2. The molecule has 0 unspecified atom stereocenters. The maximum Gasteiger partial charge on any atom is 0.257 e. The summed E-state index contributed by atoms with van der Waals surface area (Å²) in [5, 5.41) is 3.17. The number of rotatable bonds is 2. The predicted molar refractivity (Wildman–Crippen MR) is 79.7 cm³/mol. The van der Waals surface area contributed by atoms with Gasteiger partial charge in [-0.3, -0.25) is 4.79 Å². The molecule has 0 aliphatic heterocycles. The van der Waals surface area contributed by atoms with E-state index < -0.39 is 0 Å². The minimum Gasteiger partial charge on any atom is -0.399 e. The standard InChI is InChI=1S/C15H15ClN2O/c1-9-3-5-12(7-10(9)2)18-15(19)13-6-4-11(17)8-14(13)16/h3-8H,17H2,1-2H3,(H,18,19). The molecule has 3 N–H and O–H groups in total. The Labute approximate surface area is 117 Å². The van der Waals surface area contributed by atoms with Crippen LogP contribution in [-0.2, 0) is 0 Å². The lowest BCUT2D eigenvalue weighted by Crippen LogP contribution is -2.12. The average Bonchev–Trinajstić information content (AvgIpc) is 2.33. The number of hydrogen-bond donors (Lipinski definition) is 2. The number of hydrogen-bond acceptors (Lipinski definition) is 2. The quantitative estimate of drug-likeness (QED) is 0.819. The van der Waals surface area contributed by atoms with Crippen LogP contribution in [0.5, 0.6) is 0 Å². The number of nitrogens with two attached hydrogens (primary N) is 1. The van der Waals surface area contributed by atoms with Crippen LogP contribution in [0.15, 0.2) is 36.4 Å². The molecule has 0 fully saturated rings. The molecule has 2 aromatic rings. The van der Waals surface area contributed by atoms with Gasteiger partial charge < -0.3 is 11.1 Å². The Morgan fingerprint density at radius 3 is 2.47 bits per heavy atom. The van der Waals surface area contributed by atoms with E-state index in [2.05, 4.69) is 5.32 Å².